The summed E-state index contributed by atoms with van der Waals surface area (Å²) in [5.74, 6) is -0.801. The Morgan fingerprint density at radius 3 is 2.64 bits per heavy atom. The van der Waals surface area contributed by atoms with Crippen LogP contribution in [0, 0.1) is 5.82 Å². The molecular formula is C19H21FN6O2. The first-order chi connectivity index (χ1) is 13.6. The lowest BCUT2D eigenvalue weighted by Crippen LogP contribution is -2.45. The first kappa shape index (κ1) is 18.3. The Kier molecular flexibility index (Phi) is 4.92. The molecule has 4 rings (SSSR count). The van der Waals surface area contributed by atoms with Crippen LogP contribution < -0.4 is 0 Å². The number of hydrogen-bond acceptors (Lipinski definition) is 3. The number of urea groups is 1. The van der Waals surface area contributed by atoms with Gasteiger partial charge in [-0.3, -0.25) is 4.79 Å². The quantitative estimate of drug-likeness (QED) is 0.349. The van der Waals surface area contributed by atoms with Crippen molar-refractivity contribution in [1.82, 2.24) is 14.4 Å². The lowest BCUT2D eigenvalue weighted by Gasteiger charge is -2.32. The zero-order valence-corrected chi connectivity index (χ0v) is 15.5. The predicted octanol–water partition coefficient (Wildman–Crippen LogP) is 3.69. The third kappa shape index (κ3) is 3.29. The Hall–Kier alpha value is -3.06. The molecule has 0 saturated carbocycles. The van der Waals surface area contributed by atoms with E-state index in [9.17, 15) is 14.0 Å². The SMILES string of the molecule is [N-]=[N+]=NCC(=O)c1cn2c3c(cc(F)cc13)CN(C(=O)N1CCCCC1)CC2. The molecule has 0 bridgehead atoms. The molecule has 1 aromatic heterocycles. The lowest BCUT2D eigenvalue weighted by atomic mass is 10.1. The smallest absolute Gasteiger partial charge is 0.320 e. The normalized spacial score (nSPS) is 16.6. The van der Waals surface area contributed by atoms with Gasteiger partial charge in [0, 0.05) is 54.8 Å². The zero-order valence-electron chi connectivity index (χ0n) is 15.5. The van der Waals surface area contributed by atoms with Crippen molar-refractivity contribution in [3.8, 4) is 0 Å². The molecule has 1 aromatic carbocycles. The lowest BCUT2D eigenvalue weighted by molar-refractivity contribution is 0.100. The summed E-state index contributed by atoms with van der Waals surface area (Å²) in [5, 5.41) is 3.83. The molecule has 9 heteroatoms. The van der Waals surface area contributed by atoms with Crippen LogP contribution in [-0.4, -0.2) is 52.4 Å². The molecule has 0 unspecified atom stereocenters. The van der Waals surface area contributed by atoms with Gasteiger partial charge in [-0.25, -0.2) is 9.18 Å². The van der Waals surface area contributed by atoms with Gasteiger partial charge in [-0.2, -0.15) is 0 Å². The van der Waals surface area contributed by atoms with Gasteiger partial charge in [-0.1, -0.05) is 5.11 Å². The fraction of sp³-hybridized carbons (Fsp3) is 0.474. The maximum absolute atomic E-state index is 14.3. The van der Waals surface area contributed by atoms with E-state index in [1.54, 1.807) is 11.1 Å². The second-order valence-corrected chi connectivity index (χ2v) is 7.26. The number of azide groups is 1. The fourth-order valence-electron chi connectivity index (χ4n) is 4.15. The van der Waals surface area contributed by atoms with Crippen LogP contribution in [0.15, 0.2) is 23.4 Å². The van der Waals surface area contributed by atoms with Crippen LogP contribution >= 0.6 is 0 Å². The van der Waals surface area contributed by atoms with Crippen LogP contribution in [0.4, 0.5) is 9.18 Å². The van der Waals surface area contributed by atoms with E-state index in [0.717, 1.165) is 37.9 Å². The third-order valence-corrected chi connectivity index (χ3v) is 5.46. The second kappa shape index (κ2) is 7.52. The van der Waals surface area contributed by atoms with Crippen LogP contribution in [0.1, 0.15) is 35.2 Å². The molecule has 0 spiro atoms. The van der Waals surface area contributed by atoms with Gasteiger partial charge in [-0.05, 0) is 42.5 Å². The number of carbonyl (C=O) groups excluding carboxylic acids is 2. The number of benzene rings is 1. The maximum Gasteiger partial charge on any atom is 0.320 e. The minimum Gasteiger partial charge on any atom is -0.345 e. The highest BCUT2D eigenvalue weighted by Gasteiger charge is 2.27. The van der Waals surface area contributed by atoms with E-state index >= 15 is 0 Å². The Morgan fingerprint density at radius 1 is 1.11 bits per heavy atom. The van der Waals surface area contributed by atoms with Gasteiger partial charge in [0.15, 0.2) is 5.78 Å². The summed E-state index contributed by atoms with van der Waals surface area (Å²) in [6, 6.07) is 2.76. The maximum atomic E-state index is 14.3. The first-order valence-corrected chi connectivity index (χ1v) is 9.47. The highest BCUT2D eigenvalue weighted by Crippen LogP contribution is 2.30. The predicted molar refractivity (Wildman–Crippen MR) is 101 cm³/mol. The van der Waals surface area contributed by atoms with Gasteiger partial charge < -0.3 is 14.4 Å². The van der Waals surface area contributed by atoms with Gasteiger partial charge >= 0.3 is 6.03 Å². The second-order valence-electron chi connectivity index (χ2n) is 7.26. The van der Waals surface area contributed by atoms with Crippen molar-refractivity contribution in [2.45, 2.75) is 32.4 Å². The molecule has 8 nitrogen and oxygen atoms in total. The molecule has 0 atom stereocenters. The van der Waals surface area contributed by atoms with Crippen molar-refractivity contribution in [3.63, 3.8) is 0 Å². The summed E-state index contributed by atoms with van der Waals surface area (Å²) in [5.41, 5.74) is 10.2. The average Bonchev–Trinajstić information content (AvgIpc) is 2.97. The Bertz CT molecular complexity index is 988. The van der Waals surface area contributed by atoms with E-state index in [4.69, 9.17) is 5.53 Å². The summed E-state index contributed by atoms with van der Waals surface area (Å²) in [4.78, 5) is 31.6. The number of nitrogens with zero attached hydrogens (tertiary/aromatic N) is 6. The standard InChI is InChI=1S/C19H21FN6O2/c20-14-8-13-11-26(19(28)24-4-2-1-3-5-24)7-6-25-12-16(15(9-14)18(13)25)17(27)10-22-23-21/h8-9,12H,1-7,10-11H2. The Balaban J connectivity index is 1.69. The molecule has 2 aromatic rings. The number of rotatable bonds is 3. The van der Waals surface area contributed by atoms with Crippen LogP contribution in [-0.2, 0) is 13.1 Å². The van der Waals surface area contributed by atoms with Crippen molar-refractivity contribution in [2.75, 3.05) is 26.2 Å². The van der Waals surface area contributed by atoms with Crippen LogP contribution in [0.5, 0.6) is 0 Å². The number of ketones is 1. The number of halogens is 1. The van der Waals surface area contributed by atoms with E-state index in [1.807, 2.05) is 9.47 Å². The number of aromatic nitrogens is 1. The van der Waals surface area contributed by atoms with Crippen molar-refractivity contribution in [2.24, 2.45) is 5.11 Å². The van der Waals surface area contributed by atoms with Crippen LogP contribution in [0.2, 0.25) is 0 Å². The molecule has 0 radical (unpaired) electrons. The largest absolute Gasteiger partial charge is 0.345 e. The van der Waals surface area contributed by atoms with Gasteiger partial charge in [0.2, 0.25) is 0 Å². The third-order valence-electron chi connectivity index (χ3n) is 5.46. The van der Waals surface area contributed by atoms with Gasteiger partial charge in [0.1, 0.15) is 5.82 Å². The van der Waals surface area contributed by atoms with Gasteiger partial charge in [-0.15, -0.1) is 0 Å². The Morgan fingerprint density at radius 2 is 1.89 bits per heavy atom. The summed E-state index contributed by atoms with van der Waals surface area (Å²) < 4.78 is 16.2. The molecule has 2 aliphatic rings. The monoisotopic (exact) mass is 384 g/mol. The number of hydrogen-bond donors (Lipinski definition) is 0. The number of Topliss-reactive ketones (excluding diaryl/α,β-unsaturated/α-hetero) is 1. The Labute approximate surface area is 161 Å². The summed E-state index contributed by atoms with van der Waals surface area (Å²) >= 11 is 0. The van der Waals surface area contributed by atoms with Crippen LogP contribution in [0.3, 0.4) is 0 Å². The van der Waals surface area contributed by atoms with E-state index < -0.39 is 5.82 Å². The van der Waals surface area contributed by atoms with Gasteiger partial charge in [0.05, 0.1) is 12.1 Å². The highest BCUT2D eigenvalue weighted by molar-refractivity contribution is 6.09. The van der Waals surface area contributed by atoms with Crippen molar-refractivity contribution < 1.29 is 14.0 Å². The molecule has 3 heterocycles. The summed E-state index contributed by atoms with van der Waals surface area (Å²) in [6.45, 7) is 2.53. The number of piperidine rings is 1. The highest BCUT2D eigenvalue weighted by atomic mass is 19.1. The topological polar surface area (TPSA) is 94.3 Å². The van der Waals surface area contributed by atoms with Crippen molar-refractivity contribution in [3.05, 3.63) is 45.7 Å². The van der Waals surface area contributed by atoms with E-state index in [0.29, 0.717) is 36.1 Å². The van der Waals surface area contributed by atoms with E-state index in [-0.39, 0.29) is 18.4 Å². The molecular weight excluding hydrogens is 363 g/mol. The van der Waals surface area contributed by atoms with Gasteiger partial charge in [0.25, 0.3) is 0 Å². The fourth-order valence-corrected chi connectivity index (χ4v) is 4.15. The van der Waals surface area contributed by atoms with E-state index in [2.05, 4.69) is 10.0 Å². The minimum absolute atomic E-state index is 0.0116. The molecule has 146 valence electrons. The molecule has 0 aliphatic carbocycles. The molecule has 2 amide bonds. The minimum atomic E-state index is -0.453. The molecule has 1 fully saturated rings. The number of amides is 2. The molecule has 2 aliphatic heterocycles. The average molecular weight is 384 g/mol. The number of likely N-dealkylation sites (tertiary alicyclic amines) is 1. The first-order valence-electron chi connectivity index (χ1n) is 9.47. The van der Waals surface area contributed by atoms with Crippen molar-refractivity contribution >= 4 is 22.7 Å². The summed E-state index contributed by atoms with van der Waals surface area (Å²) in [6.07, 6.45) is 4.85. The van der Waals surface area contributed by atoms with E-state index in [1.165, 1.54) is 12.1 Å². The molecule has 28 heavy (non-hydrogen) atoms. The van der Waals surface area contributed by atoms with Crippen molar-refractivity contribution in [1.29, 1.82) is 0 Å². The number of carbonyl (C=O) groups is 2. The molecule has 0 N–H and O–H groups in total. The zero-order chi connectivity index (χ0) is 19.7. The van der Waals surface area contributed by atoms with Crippen LogP contribution in [0.25, 0.3) is 21.3 Å². The molecule has 1 saturated heterocycles. The summed E-state index contributed by atoms with van der Waals surface area (Å²) in [7, 11) is 0.